The van der Waals surface area contributed by atoms with E-state index in [0.717, 1.165) is 10.4 Å². The van der Waals surface area contributed by atoms with Gasteiger partial charge in [0.15, 0.2) is 0 Å². The summed E-state index contributed by atoms with van der Waals surface area (Å²) in [6.07, 6.45) is 1.45. The summed E-state index contributed by atoms with van der Waals surface area (Å²) in [5.41, 5.74) is 0.948. The number of anilines is 1. The zero-order valence-electron chi connectivity index (χ0n) is 13.3. The maximum Gasteiger partial charge on any atom is 0.264 e. The van der Waals surface area contributed by atoms with Crippen LogP contribution in [0, 0.1) is 12.7 Å². The molecule has 0 N–H and O–H groups in total. The van der Waals surface area contributed by atoms with Crippen molar-refractivity contribution < 1.29 is 17.5 Å². The minimum atomic E-state index is -3.87. The van der Waals surface area contributed by atoms with Gasteiger partial charge in [0.1, 0.15) is 11.6 Å². The van der Waals surface area contributed by atoms with E-state index in [1.807, 2.05) is 0 Å². The molecule has 0 aromatic heterocycles. The number of hydrogen-bond acceptors (Lipinski definition) is 3. The Kier molecular flexibility index (Phi) is 5.51. The molecule has 0 saturated carbocycles. The van der Waals surface area contributed by atoms with E-state index in [0.29, 0.717) is 11.3 Å². The lowest BCUT2D eigenvalue weighted by Gasteiger charge is -2.24. The SMILES string of the molecule is C=CCN(c1ccc(F)c(Cl)c1)S(=O)(=O)c1ccc(OC)c(C)c1. The van der Waals surface area contributed by atoms with Crippen LogP contribution in [-0.4, -0.2) is 22.1 Å². The average Bonchev–Trinajstić information content (AvgIpc) is 2.55. The van der Waals surface area contributed by atoms with E-state index < -0.39 is 15.8 Å². The van der Waals surface area contributed by atoms with Gasteiger partial charge in [-0.15, -0.1) is 6.58 Å². The number of nitrogens with zero attached hydrogens (tertiary/aromatic N) is 1. The predicted molar refractivity (Wildman–Crippen MR) is 93.9 cm³/mol. The van der Waals surface area contributed by atoms with Crippen LogP contribution in [0.3, 0.4) is 0 Å². The van der Waals surface area contributed by atoms with Gasteiger partial charge in [0, 0.05) is 0 Å². The molecule has 0 heterocycles. The van der Waals surface area contributed by atoms with E-state index >= 15 is 0 Å². The Morgan fingerprint density at radius 1 is 1.29 bits per heavy atom. The molecule has 128 valence electrons. The highest BCUT2D eigenvalue weighted by atomic mass is 35.5. The van der Waals surface area contributed by atoms with E-state index in [-0.39, 0.29) is 22.2 Å². The topological polar surface area (TPSA) is 46.6 Å². The summed E-state index contributed by atoms with van der Waals surface area (Å²) in [7, 11) is -2.35. The number of ether oxygens (including phenoxy) is 1. The predicted octanol–water partition coefficient (Wildman–Crippen LogP) is 4.18. The van der Waals surface area contributed by atoms with E-state index in [1.165, 1.54) is 37.5 Å². The monoisotopic (exact) mass is 369 g/mol. The first-order valence-electron chi connectivity index (χ1n) is 7.04. The van der Waals surface area contributed by atoms with Crippen molar-refractivity contribution in [3.63, 3.8) is 0 Å². The van der Waals surface area contributed by atoms with Gasteiger partial charge in [-0.1, -0.05) is 17.7 Å². The van der Waals surface area contributed by atoms with Crippen molar-refractivity contribution in [1.29, 1.82) is 0 Å². The standard InChI is InChI=1S/C17H17ClFNO3S/c1-4-9-20(13-5-7-16(19)15(18)11-13)24(21,22)14-6-8-17(23-3)12(2)10-14/h4-8,10-11H,1,9H2,2-3H3. The van der Waals surface area contributed by atoms with E-state index in [2.05, 4.69) is 6.58 Å². The van der Waals surface area contributed by atoms with Gasteiger partial charge in [0.25, 0.3) is 10.0 Å². The van der Waals surface area contributed by atoms with Crippen molar-refractivity contribution in [2.24, 2.45) is 0 Å². The number of benzene rings is 2. The Bertz CT molecular complexity index is 868. The lowest BCUT2D eigenvalue weighted by molar-refractivity contribution is 0.411. The van der Waals surface area contributed by atoms with E-state index in [1.54, 1.807) is 13.0 Å². The molecule has 0 bridgehead atoms. The first-order valence-corrected chi connectivity index (χ1v) is 8.86. The van der Waals surface area contributed by atoms with Gasteiger partial charge in [0.05, 0.1) is 29.3 Å². The van der Waals surface area contributed by atoms with Crippen LogP contribution in [-0.2, 0) is 10.0 Å². The van der Waals surface area contributed by atoms with E-state index in [9.17, 15) is 12.8 Å². The molecule has 2 aromatic carbocycles. The second-order valence-electron chi connectivity index (χ2n) is 5.05. The Morgan fingerprint density at radius 2 is 2.00 bits per heavy atom. The molecule has 0 radical (unpaired) electrons. The zero-order chi connectivity index (χ0) is 17.9. The fourth-order valence-corrected chi connectivity index (χ4v) is 3.93. The van der Waals surface area contributed by atoms with Crippen molar-refractivity contribution >= 4 is 27.3 Å². The maximum absolute atomic E-state index is 13.4. The Labute approximate surface area is 146 Å². The molecule has 24 heavy (non-hydrogen) atoms. The van der Waals surface area contributed by atoms with Gasteiger partial charge >= 0.3 is 0 Å². The number of aryl methyl sites for hydroxylation is 1. The molecular weight excluding hydrogens is 353 g/mol. The van der Waals surface area contributed by atoms with Gasteiger partial charge in [-0.05, 0) is 48.9 Å². The first kappa shape index (κ1) is 18.3. The maximum atomic E-state index is 13.4. The quantitative estimate of drug-likeness (QED) is 0.718. The third kappa shape index (κ3) is 3.55. The minimum absolute atomic E-state index is 0.0232. The summed E-state index contributed by atoms with van der Waals surface area (Å²) in [4.78, 5) is 0.100. The normalized spacial score (nSPS) is 11.2. The van der Waals surface area contributed by atoms with Crippen LogP contribution in [0.25, 0.3) is 0 Å². The third-order valence-corrected chi connectivity index (χ3v) is 5.52. The molecule has 0 fully saturated rings. The number of sulfonamides is 1. The van der Waals surface area contributed by atoms with Gasteiger partial charge in [0.2, 0.25) is 0 Å². The molecule has 7 heteroatoms. The van der Waals surface area contributed by atoms with Crippen molar-refractivity contribution in [1.82, 2.24) is 0 Å². The minimum Gasteiger partial charge on any atom is -0.496 e. The number of rotatable bonds is 6. The number of halogens is 2. The lowest BCUT2D eigenvalue weighted by atomic mass is 10.2. The van der Waals surface area contributed by atoms with Crippen LogP contribution in [0.15, 0.2) is 53.9 Å². The van der Waals surface area contributed by atoms with Crippen LogP contribution in [0.4, 0.5) is 10.1 Å². The molecule has 0 spiro atoms. The van der Waals surface area contributed by atoms with Crippen LogP contribution >= 0.6 is 11.6 Å². The molecule has 2 aromatic rings. The highest BCUT2D eigenvalue weighted by Gasteiger charge is 2.25. The summed E-state index contributed by atoms with van der Waals surface area (Å²) >= 11 is 5.78. The Morgan fingerprint density at radius 3 is 2.54 bits per heavy atom. The summed E-state index contributed by atoms with van der Waals surface area (Å²) in [6, 6.07) is 8.33. The van der Waals surface area contributed by atoms with Crippen LogP contribution < -0.4 is 9.04 Å². The molecule has 0 aliphatic rings. The van der Waals surface area contributed by atoms with E-state index in [4.69, 9.17) is 16.3 Å². The summed E-state index contributed by atoms with van der Waals surface area (Å²) in [5, 5.41) is -0.150. The van der Waals surface area contributed by atoms with Crippen molar-refractivity contribution in [3.05, 3.63) is 65.5 Å². The molecule has 2 rings (SSSR count). The number of hydrogen-bond donors (Lipinski definition) is 0. The highest BCUT2D eigenvalue weighted by Crippen LogP contribution is 2.29. The zero-order valence-corrected chi connectivity index (χ0v) is 14.9. The summed E-state index contributed by atoms with van der Waals surface area (Å²) in [5.74, 6) is -0.0225. The lowest BCUT2D eigenvalue weighted by Crippen LogP contribution is -2.31. The second-order valence-corrected chi connectivity index (χ2v) is 7.32. The highest BCUT2D eigenvalue weighted by molar-refractivity contribution is 7.92. The van der Waals surface area contributed by atoms with Crippen molar-refractivity contribution in [2.45, 2.75) is 11.8 Å². The second kappa shape index (κ2) is 7.23. The first-order chi connectivity index (χ1) is 11.3. The smallest absolute Gasteiger partial charge is 0.264 e. The Hall–Kier alpha value is -2.05. The molecule has 4 nitrogen and oxygen atoms in total. The molecule has 0 aliphatic carbocycles. The summed E-state index contributed by atoms with van der Waals surface area (Å²) in [6.45, 7) is 5.36. The van der Waals surface area contributed by atoms with Gasteiger partial charge in [-0.3, -0.25) is 4.31 Å². The Balaban J connectivity index is 2.54. The third-order valence-electron chi connectivity index (χ3n) is 3.44. The van der Waals surface area contributed by atoms with Gasteiger partial charge in [-0.25, -0.2) is 12.8 Å². The number of methoxy groups -OCH3 is 1. The molecule has 0 aliphatic heterocycles. The summed E-state index contributed by atoms with van der Waals surface area (Å²) < 4.78 is 45.6. The van der Waals surface area contributed by atoms with Crippen molar-refractivity contribution in [3.8, 4) is 5.75 Å². The molecule has 0 amide bonds. The van der Waals surface area contributed by atoms with Gasteiger partial charge in [-0.2, -0.15) is 0 Å². The van der Waals surface area contributed by atoms with Gasteiger partial charge < -0.3 is 4.74 Å². The molecular formula is C17H17ClFNO3S. The van der Waals surface area contributed by atoms with Crippen LogP contribution in [0.5, 0.6) is 5.75 Å². The average molecular weight is 370 g/mol. The molecule has 0 unspecified atom stereocenters. The fourth-order valence-electron chi connectivity index (χ4n) is 2.24. The van der Waals surface area contributed by atoms with Crippen LogP contribution in [0.1, 0.15) is 5.56 Å². The molecule has 0 saturated heterocycles. The molecule has 0 atom stereocenters. The fraction of sp³-hybridized carbons (Fsp3) is 0.176. The largest absolute Gasteiger partial charge is 0.496 e. The van der Waals surface area contributed by atoms with Crippen LogP contribution in [0.2, 0.25) is 5.02 Å². The van der Waals surface area contributed by atoms with Crippen molar-refractivity contribution in [2.75, 3.05) is 18.0 Å².